The van der Waals surface area contributed by atoms with Crippen LogP contribution in [0.3, 0.4) is 0 Å². The first-order valence-electron chi connectivity index (χ1n) is 6.05. The lowest BCUT2D eigenvalue weighted by Gasteiger charge is -2.13. The molecule has 0 aromatic heterocycles. The van der Waals surface area contributed by atoms with E-state index in [0.717, 1.165) is 0 Å². The van der Waals surface area contributed by atoms with Gasteiger partial charge in [0.1, 0.15) is 0 Å². The summed E-state index contributed by atoms with van der Waals surface area (Å²) in [5.74, 6) is 0. The van der Waals surface area contributed by atoms with Crippen LogP contribution in [0.15, 0.2) is 48.5 Å². The van der Waals surface area contributed by atoms with Crippen molar-refractivity contribution in [2.24, 2.45) is 0 Å². The summed E-state index contributed by atoms with van der Waals surface area (Å²) in [5, 5.41) is 3.27. The van der Waals surface area contributed by atoms with Crippen molar-refractivity contribution in [3.05, 3.63) is 59.7 Å². The Bertz CT molecular complexity index is 502. The molecule has 1 atom stereocenters. The SMILES string of the molecule is CNC(C)c1cccc(-c2ccccc2C)c1. The zero-order chi connectivity index (χ0) is 12.3. The highest BCUT2D eigenvalue weighted by Crippen LogP contribution is 2.25. The molecule has 17 heavy (non-hydrogen) atoms. The lowest BCUT2D eigenvalue weighted by Crippen LogP contribution is -2.12. The first kappa shape index (κ1) is 11.9. The molecule has 0 aliphatic carbocycles. The van der Waals surface area contributed by atoms with Crippen molar-refractivity contribution >= 4 is 0 Å². The van der Waals surface area contributed by atoms with E-state index in [-0.39, 0.29) is 0 Å². The smallest absolute Gasteiger partial charge is 0.0289 e. The first-order valence-corrected chi connectivity index (χ1v) is 6.05. The summed E-state index contributed by atoms with van der Waals surface area (Å²) in [5.41, 5.74) is 5.26. The Morgan fingerprint density at radius 3 is 2.47 bits per heavy atom. The molecule has 0 amide bonds. The van der Waals surface area contributed by atoms with Gasteiger partial charge in [0.25, 0.3) is 0 Å². The number of rotatable bonds is 3. The van der Waals surface area contributed by atoms with E-state index in [1.807, 2.05) is 7.05 Å². The van der Waals surface area contributed by atoms with Crippen molar-refractivity contribution < 1.29 is 0 Å². The lowest BCUT2D eigenvalue weighted by atomic mass is 9.97. The van der Waals surface area contributed by atoms with Crippen LogP contribution in [0, 0.1) is 6.92 Å². The highest BCUT2D eigenvalue weighted by atomic mass is 14.8. The van der Waals surface area contributed by atoms with E-state index in [4.69, 9.17) is 0 Å². The van der Waals surface area contributed by atoms with Crippen molar-refractivity contribution in [3.63, 3.8) is 0 Å². The van der Waals surface area contributed by atoms with E-state index >= 15 is 0 Å². The molecule has 0 saturated carbocycles. The molecule has 0 radical (unpaired) electrons. The summed E-state index contributed by atoms with van der Waals surface area (Å²) in [4.78, 5) is 0. The van der Waals surface area contributed by atoms with Gasteiger partial charge in [-0.05, 0) is 49.2 Å². The number of nitrogens with one attached hydrogen (secondary N) is 1. The van der Waals surface area contributed by atoms with E-state index in [1.54, 1.807) is 0 Å². The van der Waals surface area contributed by atoms with Crippen LogP contribution in [0.4, 0.5) is 0 Å². The summed E-state index contributed by atoms with van der Waals surface area (Å²) in [6, 6.07) is 17.6. The summed E-state index contributed by atoms with van der Waals surface area (Å²) in [6.45, 7) is 4.33. The molecule has 2 rings (SSSR count). The molecule has 0 aliphatic heterocycles. The number of hydrogen-bond acceptors (Lipinski definition) is 1. The zero-order valence-corrected chi connectivity index (χ0v) is 10.7. The topological polar surface area (TPSA) is 12.0 Å². The summed E-state index contributed by atoms with van der Waals surface area (Å²) >= 11 is 0. The minimum Gasteiger partial charge on any atom is -0.313 e. The molecule has 1 heteroatoms. The van der Waals surface area contributed by atoms with Crippen LogP contribution in [0.2, 0.25) is 0 Å². The molecule has 0 saturated heterocycles. The van der Waals surface area contributed by atoms with Gasteiger partial charge in [0.15, 0.2) is 0 Å². The van der Waals surface area contributed by atoms with Gasteiger partial charge in [-0.15, -0.1) is 0 Å². The Hall–Kier alpha value is -1.60. The molecule has 1 unspecified atom stereocenters. The second kappa shape index (κ2) is 5.15. The van der Waals surface area contributed by atoms with Crippen molar-refractivity contribution in [1.82, 2.24) is 5.32 Å². The minimum absolute atomic E-state index is 0.388. The van der Waals surface area contributed by atoms with E-state index < -0.39 is 0 Å². The maximum absolute atomic E-state index is 3.27. The quantitative estimate of drug-likeness (QED) is 0.834. The van der Waals surface area contributed by atoms with Gasteiger partial charge in [-0.25, -0.2) is 0 Å². The largest absolute Gasteiger partial charge is 0.313 e. The van der Waals surface area contributed by atoms with Gasteiger partial charge in [-0.2, -0.15) is 0 Å². The lowest BCUT2D eigenvalue weighted by molar-refractivity contribution is 0.652. The van der Waals surface area contributed by atoms with Crippen LogP contribution in [0.25, 0.3) is 11.1 Å². The first-order chi connectivity index (χ1) is 8.22. The average Bonchev–Trinajstić information content (AvgIpc) is 2.38. The third-order valence-corrected chi connectivity index (χ3v) is 3.28. The molecule has 0 aliphatic rings. The fraction of sp³-hybridized carbons (Fsp3) is 0.250. The fourth-order valence-corrected chi connectivity index (χ4v) is 2.04. The standard InChI is InChI=1S/C16H19N/c1-12-7-4-5-10-16(12)15-9-6-8-14(11-15)13(2)17-3/h4-11,13,17H,1-3H3. The van der Waals surface area contributed by atoms with Gasteiger partial charge in [-0.3, -0.25) is 0 Å². The van der Waals surface area contributed by atoms with Gasteiger partial charge >= 0.3 is 0 Å². The Kier molecular flexibility index (Phi) is 3.60. The molecule has 0 fully saturated rings. The predicted molar refractivity (Wildman–Crippen MR) is 74.1 cm³/mol. The van der Waals surface area contributed by atoms with Crippen LogP contribution >= 0.6 is 0 Å². The van der Waals surface area contributed by atoms with E-state index in [9.17, 15) is 0 Å². The molecule has 2 aromatic rings. The van der Waals surface area contributed by atoms with Crippen molar-refractivity contribution in [2.75, 3.05) is 7.05 Å². The van der Waals surface area contributed by atoms with Gasteiger partial charge in [0.2, 0.25) is 0 Å². The van der Waals surface area contributed by atoms with Crippen molar-refractivity contribution in [3.8, 4) is 11.1 Å². The Balaban J connectivity index is 2.43. The summed E-state index contributed by atoms with van der Waals surface area (Å²) < 4.78 is 0. The monoisotopic (exact) mass is 225 g/mol. The molecule has 2 aromatic carbocycles. The molecular formula is C16H19N. The van der Waals surface area contributed by atoms with E-state index in [2.05, 4.69) is 67.7 Å². The van der Waals surface area contributed by atoms with Gasteiger partial charge in [0.05, 0.1) is 0 Å². The highest BCUT2D eigenvalue weighted by Gasteiger charge is 2.05. The normalized spacial score (nSPS) is 12.4. The Morgan fingerprint density at radius 1 is 1.00 bits per heavy atom. The minimum atomic E-state index is 0.388. The van der Waals surface area contributed by atoms with Gasteiger partial charge < -0.3 is 5.32 Å². The third kappa shape index (κ3) is 2.56. The Labute approximate surface area is 103 Å². The molecule has 1 N–H and O–H groups in total. The second-order valence-electron chi connectivity index (χ2n) is 4.45. The molecule has 1 nitrogen and oxygen atoms in total. The summed E-state index contributed by atoms with van der Waals surface area (Å²) in [6.07, 6.45) is 0. The molecule has 88 valence electrons. The van der Waals surface area contributed by atoms with E-state index in [1.165, 1.54) is 22.3 Å². The summed E-state index contributed by atoms with van der Waals surface area (Å²) in [7, 11) is 1.99. The van der Waals surface area contributed by atoms with Crippen LogP contribution in [-0.2, 0) is 0 Å². The Morgan fingerprint density at radius 2 is 1.76 bits per heavy atom. The predicted octanol–water partition coefficient (Wildman–Crippen LogP) is 3.94. The molecule has 0 bridgehead atoms. The zero-order valence-electron chi connectivity index (χ0n) is 10.7. The fourth-order valence-electron chi connectivity index (χ4n) is 2.04. The van der Waals surface area contributed by atoms with E-state index in [0.29, 0.717) is 6.04 Å². The highest BCUT2D eigenvalue weighted by molar-refractivity contribution is 5.67. The maximum atomic E-state index is 3.27. The van der Waals surface area contributed by atoms with Crippen LogP contribution in [0.5, 0.6) is 0 Å². The third-order valence-electron chi connectivity index (χ3n) is 3.28. The molecule has 0 heterocycles. The maximum Gasteiger partial charge on any atom is 0.0289 e. The van der Waals surface area contributed by atoms with Gasteiger partial charge in [0, 0.05) is 6.04 Å². The number of hydrogen-bond donors (Lipinski definition) is 1. The number of aryl methyl sites for hydroxylation is 1. The van der Waals surface area contributed by atoms with Crippen LogP contribution in [-0.4, -0.2) is 7.05 Å². The molecule has 0 spiro atoms. The van der Waals surface area contributed by atoms with Crippen molar-refractivity contribution in [1.29, 1.82) is 0 Å². The molecular weight excluding hydrogens is 206 g/mol. The number of benzene rings is 2. The second-order valence-corrected chi connectivity index (χ2v) is 4.45. The van der Waals surface area contributed by atoms with Crippen LogP contribution < -0.4 is 5.32 Å². The average molecular weight is 225 g/mol. The van der Waals surface area contributed by atoms with Crippen molar-refractivity contribution in [2.45, 2.75) is 19.9 Å². The van der Waals surface area contributed by atoms with Gasteiger partial charge in [-0.1, -0.05) is 42.5 Å². The van der Waals surface area contributed by atoms with Crippen LogP contribution in [0.1, 0.15) is 24.1 Å².